The van der Waals surface area contributed by atoms with Crippen LogP contribution >= 0.6 is 0 Å². The summed E-state index contributed by atoms with van der Waals surface area (Å²) in [6.07, 6.45) is 10.7. The van der Waals surface area contributed by atoms with Crippen molar-refractivity contribution >= 4 is 17.5 Å². The molecule has 2 aliphatic rings. The highest BCUT2D eigenvalue weighted by Crippen LogP contribution is 2.30. The van der Waals surface area contributed by atoms with Gasteiger partial charge in [0.2, 0.25) is 11.9 Å². The fraction of sp³-hybridized carbons (Fsp3) is 0.522. The lowest BCUT2D eigenvalue weighted by molar-refractivity contribution is -0.133. The number of likely N-dealkylation sites (tertiary alicyclic amines) is 1. The standard InChI is InChI=1S/C23H29FN4O/c24-19-9-4-10-20(15-19)26-23-25-12-11-21(27-23)18-8-5-13-28(16-18)22(29)14-17-6-2-1-3-7-17/h4,9-12,15,17-18H,1-3,5-8,13-14,16H2,(H,25,26,27). The van der Waals surface area contributed by atoms with Crippen molar-refractivity contribution in [3.05, 3.63) is 48.0 Å². The van der Waals surface area contributed by atoms with Crippen LogP contribution in [0.15, 0.2) is 36.5 Å². The summed E-state index contributed by atoms with van der Waals surface area (Å²) in [5.74, 6) is 1.24. The average molecular weight is 397 g/mol. The third kappa shape index (κ3) is 5.31. The molecule has 1 saturated heterocycles. The van der Waals surface area contributed by atoms with Gasteiger partial charge in [-0.25, -0.2) is 14.4 Å². The lowest BCUT2D eigenvalue weighted by Gasteiger charge is -2.34. The van der Waals surface area contributed by atoms with E-state index in [1.807, 2.05) is 11.0 Å². The van der Waals surface area contributed by atoms with Crippen LogP contribution in [-0.2, 0) is 4.79 Å². The minimum absolute atomic E-state index is 0.218. The second kappa shape index (κ2) is 9.33. The molecule has 2 aromatic rings. The van der Waals surface area contributed by atoms with E-state index in [9.17, 15) is 9.18 Å². The number of carbonyl (C=O) groups excluding carboxylic acids is 1. The SMILES string of the molecule is O=C(CC1CCCCC1)N1CCCC(c2ccnc(Nc3cccc(F)c3)n2)C1. The molecule has 1 amide bonds. The Kier molecular flexibility index (Phi) is 6.37. The molecule has 1 N–H and O–H groups in total. The fourth-order valence-corrected chi connectivity index (χ4v) is 4.57. The summed E-state index contributed by atoms with van der Waals surface area (Å²) in [7, 11) is 0. The van der Waals surface area contributed by atoms with Gasteiger partial charge in [-0.15, -0.1) is 0 Å². The Hall–Kier alpha value is -2.50. The van der Waals surface area contributed by atoms with Gasteiger partial charge in [-0.05, 0) is 55.9 Å². The fourth-order valence-electron chi connectivity index (χ4n) is 4.57. The van der Waals surface area contributed by atoms with Crippen molar-refractivity contribution < 1.29 is 9.18 Å². The normalized spacial score (nSPS) is 20.4. The molecule has 1 atom stereocenters. The molecule has 2 fully saturated rings. The summed E-state index contributed by atoms with van der Waals surface area (Å²) >= 11 is 0. The molecule has 0 bridgehead atoms. The highest BCUT2D eigenvalue weighted by Gasteiger charge is 2.27. The Morgan fingerprint density at radius 1 is 1.14 bits per heavy atom. The van der Waals surface area contributed by atoms with Crippen molar-refractivity contribution in [3.63, 3.8) is 0 Å². The summed E-state index contributed by atoms with van der Waals surface area (Å²) in [5, 5.41) is 3.07. The summed E-state index contributed by atoms with van der Waals surface area (Å²) in [6, 6.07) is 8.19. The molecule has 1 unspecified atom stereocenters. The molecular formula is C23H29FN4O. The number of aromatic nitrogens is 2. The second-order valence-electron chi connectivity index (χ2n) is 8.33. The third-order valence-corrected chi connectivity index (χ3v) is 6.14. The van der Waals surface area contributed by atoms with Crippen LogP contribution < -0.4 is 5.32 Å². The minimum atomic E-state index is -0.300. The van der Waals surface area contributed by atoms with Crippen molar-refractivity contribution in [2.75, 3.05) is 18.4 Å². The van der Waals surface area contributed by atoms with Crippen LogP contribution in [0.4, 0.5) is 16.0 Å². The zero-order valence-corrected chi connectivity index (χ0v) is 16.8. The first-order valence-corrected chi connectivity index (χ1v) is 10.8. The number of piperidine rings is 1. The Labute approximate surface area is 171 Å². The zero-order valence-electron chi connectivity index (χ0n) is 16.8. The molecule has 154 valence electrons. The van der Waals surface area contributed by atoms with E-state index in [0.29, 0.717) is 29.9 Å². The molecule has 1 aliphatic heterocycles. The van der Waals surface area contributed by atoms with E-state index in [1.54, 1.807) is 18.3 Å². The maximum Gasteiger partial charge on any atom is 0.227 e. The van der Waals surface area contributed by atoms with Gasteiger partial charge in [0.25, 0.3) is 0 Å². The quantitative estimate of drug-likeness (QED) is 0.770. The second-order valence-corrected chi connectivity index (χ2v) is 8.33. The van der Waals surface area contributed by atoms with E-state index >= 15 is 0 Å². The molecule has 1 saturated carbocycles. The number of amides is 1. The van der Waals surface area contributed by atoms with Crippen LogP contribution in [0.5, 0.6) is 0 Å². The Morgan fingerprint density at radius 3 is 2.83 bits per heavy atom. The van der Waals surface area contributed by atoms with Gasteiger partial charge in [0.1, 0.15) is 5.82 Å². The zero-order chi connectivity index (χ0) is 20.1. The van der Waals surface area contributed by atoms with Gasteiger partial charge in [-0.1, -0.05) is 25.3 Å². The van der Waals surface area contributed by atoms with Crippen LogP contribution in [0.25, 0.3) is 0 Å². The number of nitrogens with one attached hydrogen (secondary N) is 1. The first kappa shape index (κ1) is 19.8. The molecule has 0 radical (unpaired) electrons. The number of benzene rings is 1. The lowest BCUT2D eigenvalue weighted by Crippen LogP contribution is -2.40. The predicted octanol–water partition coefficient (Wildman–Crippen LogP) is 5.04. The highest BCUT2D eigenvalue weighted by atomic mass is 19.1. The molecule has 1 aliphatic carbocycles. The minimum Gasteiger partial charge on any atom is -0.342 e. The lowest BCUT2D eigenvalue weighted by atomic mass is 9.86. The van der Waals surface area contributed by atoms with Gasteiger partial charge in [0, 0.05) is 37.3 Å². The maximum absolute atomic E-state index is 13.4. The molecule has 29 heavy (non-hydrogen) atoms. The van der Waals surface area contributed by atoms with Crippen molar-refractivity contribution in [1.82, 2.24) is 14.9 Å². The molecular weight excluding hydrogens is 367 g/mol. The largest absolute Gasteiger partial charge is 0.342 e. The van der Waals surface area contributed by atoms with E-state index in [2.05, 4.69) is 15.3 Å². The Balaban J connectivity index is 1.39. The highest BCUT2D eigenvalue weighted by molar-refractivity contribution is 5.76. The van der Waals surface area contributed by atoms with E-state index in [0.717, 1.165) is 31.6 Å². The molecule has 4 rings (SSSR count). The van der Waals surface area contributed by atoms with Crippen molar-refractivity contribution in [3.8, 4) is 0 Å². The van der Waals surface area contributed by atoms with Crippen LogP contribution in [0.2, 0.25) is 0 Å². The van der Waals surface area contributed by atoms with Gasteiger partial charge in [-0.3, -0.25) is 4.79 Å². The van der Waals surface area contributed by atoms with Crippen LogP contribution in [-0.4, -0.2) is 33.9 Å². The Morgan fingerprint density at radius 2 is 2.00 bits per heavy atom. The molecule has 2 heterocycles. The van der Waals surface area contributed by atoms with E-state index in [-0.39, 0.29) is 11.7 Å². The van der Waals surface area contributed by atoms with Gasteiger partial charge < -0.3 is 10.2 Å². The number of hydrogen-bond donors (Lipinski definition) is 1. The van der Waals surface area contributed by atoms with Crippen molar-refractivity contribution in [1.29, 1.82) is 0 Å². The number of anilines is 2. The monoisotopic (exact) mass is 396 g/mol. The number of carbonyl (C=O) groups is 1. The van der Waals surface area contributed by atoms with Crippen LogP contribution in [0.1, 0.15) is 63.0 Å². The van der Waals surface area contributed by atoms with Gasteiger partial charge in [0.05, 0.1) is 5.69 Å². The Bertz CT molecular complexity index is 837. The van der Waals surface area contributed by atoms with E-state index in [4.69, 9.17) is 0 Å². The predicted molar refractivity (Wildman–Crippen MR) is 111 cm³/mol. The number of nitrogens with zero attached hydrogens (tertiary/aromatic N) is 3. The van der Waals surface area contributed by atoms with E-state index in [1.165, 1.54) is 44.2 Å². The number of hydrogen-bond acceptors (Lipinski definition) is 4. The van der Waals surface area contributed by atoms with Gasteiger partial charge in [-0.2, -0.15) is 0 Å². The van der Waals surface area contributed by atoms with Crippen molar-refractivity contribution in [2.45, 2.75) is 57.3 Å². The number of halogens is 1. The molecule has 6 heteroatoms. The molecule has 0 spiro atoms. The van der Waals surface area contributed by atoms with Gasteiger partial charge >= 0.3 is 0 Å². The molecule has 1 aromatic carbocycles. The molecule has 1 aromatic heterocycles. The average Bonchev–Trinajstić information content (AvgIpc) is 2.75. The van der Waals surface area contributed by atoms with Crippen LogP contribution in [0.3, 0.4) is 0 Å². The summed E-state index contributed by atoms with van der Waals surface area (Å²) < 4.78 is 13.4. The summed E-state index contributed by atoms with van der Waals surface area (Å²) in [5.41, 5.74) is 1.56. The molecule has 5 nitrogen and oxygen atoms in total. The van der Waals surface area contributed by atoms with Crippen molar-refractivity contribution in [2.24, 2.45) is 5.92 Å². The third-order valence-electron chi connectivity index (χ3n) is 6.14. The maximum atomic E-state index is 13.4. The van der Waals surface area contributed by atoms with E-state index < -0.39 is 0 Å². The summed E-state index contributed by atoms with van der Waals surface area (Å²) in [6.45, 7) is 1.57. The van der Waals surface area contributed by atoms with Gasteiger partial charge in [0.15, 0.2) is 0 Å². The smallest absolute Gasteiger partial charge is 0.227 e. The first-order chi connectivity index (χ1) is 14.2. The topological polar surface area (TPSA) is 58.1 Å². The van der Waals surface area contributed by atoms with Crippen LogP contribution in [0, 0.1) is 11.7 Å². The first-order valence-electron chi connectivity index (χ1n) is 10.8. The summed E-state index contributed by atoms with van der Waals surface area (Å²) in [4.78, 5) is 23.8. The number of rotatable bonds is 5.